The Morgan fingerprint density at radius 2 is 2.05 bits per heavy atom. The molecule has 1 fully saturated rings. The number of nitrogens with one attached hydrogen (secondary N) is 1. The normalized spacial score (nSPS) is 19.9. The van der Waals surface area contributed by atoms with Gasteiger partial charge >= 0.3 is 0 Å². The van der Waals surface area contributed by atoms with Gasteiger partial charge in [0, 0.05) is 13.1 Å². The van der Waals surface area contributed by atoms with Gasteiger partial charge in [-0.05, 0) is 51.9 Å². The summed E-state index contributed by atoms with van der Waals surface area (Å²) in [6.07, 6.45) is 5.47. The van der Waals surface area contributed by atoms with Crippen LogP contribution in [0.3, 0.4) is 0 Å². The Kier molecular flexibility index (Phi) is 3.72. The van der Waals surface area contributed by atoms with Crippen molar-refractivity contribution in [3.8, 4) is 11.5 Å². The summed E-state index contributed by atoms with van der Waals surface area (Å²) < 4.78 is 11.8. The molecule has 1 aromatic carbocycles. The Morgan fingerprint density at radius 1 is 1.26 bits per heavy atom. The first-order valence-electron chi connectivity index (χ1n) is 6.95. The van der Waals surface area contributed by atoms with Crippen molar-refractivity contribution >= 4 is 15.9 Å². The summed E-state index contributed by atoms with van der Waals surface area (Å²) in [5.41, 5.74) is 1.73. The molecule has 1 aliphatic heterocycles. The monoisotopic (exact) mass is 325 g/mol. The van der Waals surface area contributed by atoms with Crippen molar-refractivity contribution in [2.45, 2.75) is 39.2 Å². The summed E-state index contributed by atoms with van der Waals surface area (Å²) in [6, 6.07) is 4.18. The van der Waals surface area contributed by atoms with Crippen molar-refractivity contribution in [2.24, 2.45) is 5.41 Å². The number of halogens is 1. The van der Waals surface area contributed by atoms with E-state index in [9.17, 15) is 0 Å². The molecule has 4 heteroatoms. The van der Waals surface area contributed by atoms with E-state index >= 15 is 0 Å². The number of fused-ring (bicyclic) bond motifs is 1. The van der Waals surface area contributed by atoms with Crippen LogP contribution in [0.25, 0.3) is 0 Å². The Labute approximate surface area is 122 Å². The molecule has 0 aromatic heterocycles. The molecule has 1 heterocycles. The van der Waals surface area contributed by atoms with Crippen molar-refractivity contribution in [1.82, 2.24) is 5.32 Å². The van der Waals surface area contributed by atoms with Crippen molar-refractivity contribution in [3.05, 3.63) is 22.2 Å². The summed E-state index contributed by atoms with van der Waals surface area (Å²) in [5, 5.41) is 3.59. The molecule has 104 valence electrons. The molecule has 1 saturated carbocycles. The van der Waals surface area contributed by atoms with Gasteiger partial charge in [0.1, 0.15) is 0 Å². The van der Waals surface area contributed by atoms with Gasteiger partial charge in [0.15, 0.2) is 11.5 Å². The first kappa shape index (κ1) is 13.3. The molecule has 3 rings (SSSR count). The third kappa shape index (κ3) is 2.90. The third-order valence-corrected chi connectivity index (χ3v) is 4.77. The van der Waals surface area contributed by atoms with Crippen molar-refractivity contribution in [2.75, 3.05) is 13.3 Å². The van der Waals surface area contributed by atoms with Crippen LogP contribution in [0.5, 0.6) is 11.5 Å². The number of hydrogen-bond acceptors (Lipinski definition) is 3. The van der Waals surface area contributed by atoms with Crippen LogP contribution < -0.4 is 14.8 Å². The van der Waals surface area contributed by atoms with Crippen LogP contribution in [0.4, 0.5) is 0 Å². The first-order chi connectivity index (χ1) is 9.16. The largest absolute Gasteiger partial charge is 0.454 e. The molecule has 0 spiro atoms. The highest BCUT2D eigenvalue weighted by Crippen LogP contribution is 2.40. The quantitative estimate of drug-likeness (QED) is 0.912. The molecular weight excluding hydrogens is 306 g/mol. The minimum atomic E-state index is 0.322. The molecule has 0 radical (unpaired) electrons. The Morgan fingerprint density at radius 3 is 2.84 bits per heavy atom. The van der Waals surface area contributed by atoms with E-state index in [1.54, 1.807) is 0 Å². The fourth-order valence-corrected chi connectivity index (χ4v) is 3.64. The highest BCUT2D eigenvalue weighted by molar-refractivity contribution is 9.10. The SMILES string of the molecule is CC1(CNCc2cc(Br)c3c(c2)OCO3)CCCC1. The maximum Gasteiger partial charge on any atom is 0.231 e. The van der Waals surface area contributed by atoms with Crippen LogP contribution in [-0.2, 0) is 6.54 Å². The highest BCUT2D eigenvalue weighted by atomic mass is 79.9. The lowest BCUT2D eigenvalue weighted by Crippen LogP contribution is -2.29. The number of hydrogen-bond donors (Lipinski definition) is 1. The zero-order valence-corrected chi connectivity index (χ0v) is 12.9. The lowest BCUT2D eigenvalue weighted by atomic mass is 9.89. The van der Waals surface area contributed by atoms with Crippen molar-refractivity contribution < 1.29 is 9.47 Å². The van der Waals surface area contributed by atoms with E-state index in [-0.39, 0.29) is 0 Å². The maximum atomic E-state index is 5.44. The fraction of sp³-hybridized carbons (Fsp3) is 0.600. The van der Waals surface area contributed by atoms with Crippen molar-refractivity contribution in [3.63, 3.8) is 0 Å². The molecule has 3 nitrogen and oxygen atoms in total. The van der Waals surface area contributed by atoms with Crippen LogP contribution >= 0.6 is 15.9 Å². The summed E-state index contributed by atoms with van der Waals surface area (Å²) in [5.74, 6) is 1.67. The van der Waals surface area contributed by atoms with Crippen LogP contribution in [0.2, 0.25) is 0 Å². The standard InChI is InChI=1S/C15H20BrNO2/c1-15(4-2-3-5-15)9-17-8-11-6-12(16)14-13(7-11)18-10-19-14/h6-7,17H,2-5,8-10H2,1H3. The van der Waals surface area contributed by atoms with Crippen LogP contribution in [-0.4, -0.2) is 13.3 Å². The summed E-state index contributed by atoms with van der Waals surface area (Å²) in [4.78, 5) is 0. The molecule has 0 unspecified atom stereocenters. The molecule has 0 bridgehead atoms. The molecule has 0 saturated heterocycles. The first-order valence-corrected chi connectivity index (χ1v) is 7.74. The number of rotatable bonds is 4. The van der Waals surface area contributed by atoms with E-state index in [1.165, 1.54) is 31.2 Å². The van der Waals surface area contributed by atoms with Gasteiger partial charge in [0.05, 0.1) is 4.47 Å². The maximum absolute atomic E-state index is 5.44. The Hall–Kier alpha value is -0.740. The van der Waals surface area contributed by atoms with Crippen LogP contribution in [0.15, 0.2) is 16.6 Å². The summed E-state index contributed by atoms with van der Waals surface area (Å²) in [7, 11) is 0. The summed E-state index contributed by atoms with van der Waals surface area (Å²) in [6.45, 7) is 4.69. The van der Waals surface area contributed by atoms with Gasteiger partial charge in [-0.15, -0.1) is 0 Å². The van der Waals surface area contributed by atoms with Gasteiger partial charge in [0.2, 0.25) is 6.79 Å². The Bertz CT molecular complexity index is 469. The second-order valence-electron chi connectivity index (χ2n) is 5.93. The van der Waals surface area contributed by atoms with Crippen LogP contribution in [0, 0.1) is 5.41 Å². The van der Waals surface area contributed by atoms with Crippen LogP contribution in [0.1, 0.15) is 38.2 Å². The number of ether oxygens (including phenoxy) is 2. The zero-order valence-electron chi connectivity index (χ0n) is 11.3. The van der Waals surface area contributed by atoms with E-state index in [1.807, 2.05) is 0 Å². The average Bonchev–Trinajstić information content (AvgIpc) is 2.98. The second kappa shape index (κ2) is 5.33. The minimum absolute atomic E-state index is 0.322. The molecule has 1 N–H and O–H groups in total. The molecule has 0 atom stereocenters. The lowest BCUT2D eigenvalue weighted by molar-refractivity contribution is 0.173. The van der Waals surface area contributed by atoms with E-state index in [0.717, 1.165) is 29.1 Å². The lowest BCUT2D eigenvalue weighted by Gasteiger charge is -2.23. The number of benzene rings is 1. The molecule has 0 amide bonds. The van der Waals surface area contributed by atoms with E-state index in [4.69, 9.17) is 9.47 Å². The highest BCUT2D eigenvalue weighted by Gasteiger charge is 2.28. The molecule has 2 aliphatic rings. The zero-order chi connectivity index (χ0) is 13.3. The predicted molar refractivity (Wildman–Crippen MR) is 78.5 cm³/mol. The Balaban J connectivity index is 1.60. The average molecular weight is 326 g/mol. The van der Waals surface area contributed by atoms with Crippen molar-refractivity contribution in [1.29, 1.82) is 0 Å². The fourth-order valence-electron chi connectivity index (χ4n) is 3.04. The topological polar surface area (TPSA) is 30.5 Å². The summed E-state index contributed by atoms with van der Waals surface area (Å²) >= 11 is 3.53. The molecule has 1 aromatic rings. The van der Waals surface area contributed by atoms with Gasteiger partial charge in [-0.3, -0.25) is 0 Å². The second-order valence-corrected chi connectivity index (χ2v) is 6.79. The van der Waals surface area contributed by atoms with E-state index in [2.05, 4.69) is 40.3 Å². The van der Waals surface area contributed by atoms with Gasteiger partial charge < -0.3 is 14.8 Å². The minimum Gasteiger partial charge on any atom is -0.454 e. The molecular formula is C15H20BrNO2. The molecule has 1 aliphatic carbocycles. The predicted octanol–water partition coefficient (Wildman–Crippen LogP) is 3.85. The smallest absolute Gasteiger partial charge is 0.231 e. The van der Waals surface area contributed by atoms with Gasteiger partial charge in [-0.25, -0.2) is 0 Å². The third-order valence-electron chi connectivity index (χ3n) is 4.18. The van der Waals surface area contributed by atoms with Gasteiger partial charge in [-0.1, -0.05) is 19.8 Å². The van der Waals surface area contributed by atoms with E-state index in [0.29, 0.717) is 12.2 Å². The van der Waals surface area contributed by atoms with Gasteiger partial charge in [-0.2, -0.15) is 0 Å². The molecule has 19 heavy (non-hydrogen) atoms. The van der Waals surface area contributed by atoms with Gasteiger partial charge in [0.25, 0.3) is 0 Å². The van der Waals surface area contributed by atoms with E-state index < -0.39 is 0 Å².